The van der Waals surface area contributed by atoms with Gasteiger partial charge in [0.1, 0.15) is 5.76 Å². The minimum atomic E-state index is -0.140. The Morgan fingerprint density at radius 2 is 1.96 bits per heavy atom. The number of aromatic nitrogens is 2. The minimum absolute atomic E-state index is 0.0761. The van der Waals surface area contributed by atoms with Crippen LogP contribution in [-0.2, 0) is 6.54 Å². The Kier molecular flexibility index (Phi) is 5.15. The number of carbonyl (C=O) groups excluding carboxylic acids is 1. The van der Waals surface area contributed by atoms with Gasteiger partial charge in [0.05, 0.1) is 6.54 Å². The Labute approximate surface area is 153 Å². The summed E-state index contributed by atoms with van der Waals surface area (Å²) in [7, 11) is 0. The number of furan rings is 1. The van der Waals surface area contributed by atoms with E-state index < -0.39 is 0 Å². The molecule has 4 heterocycles. The molecule has 1 N–H and O–H groups in total. The molecule has 138 valence electrons. The van der Waals surface area contributed by atoms with Crippen LogP contribution in [0.5, 0.6) is 0 Å². The van der Waals surface area contributed by atoms with Crippen molar-refractivity contribution in [3.8, 4) is 0 Å². The molecule has 2 fully saturated rings. The van der Waals surface area contributed by atoms with Crippen LogP contribution in [-0.4, -0.2) is 53.0 Å². The summed E-state index contributed by atoms with van der Waals surface area (Å²) in [6.45, 7) is 4.65. The van der Waals surface area contributed by atoms with Crippen LogP contribution in [0.4, 0.5) is 5.95 Å². The van der Waals surface area contributed by atoms with E-state index in [0.29, 0.717) is 5.76 Å². The highest BCUT2D eigenvalue weighted by Crippen LogP contribution is 2.17. The van der Waals surface area contributed by atoms with E-state index in [0.717, 1.165) is 57.3 Å². The van der Waals surface area contributed by atoms with E-state index in [2.05, 4.69) is 25.1 Å². The zero-order valence-electron chi connectivity index (χ0n) is 14.9. The molecule has 0 aliphatic carbocycles. The fourth-order valence-corrected chi connectivity index (χ4v) is 3.73. The van der Waals surface area contributed by atoms with Crippen molar-refractivity contribution in [2.24, 2.45) is 0 Å². The van der Waals surface area contributed by atoms with Crippen molar-refractivity contribution in [3.63, 3.8) is 0 Å². The van der Waals surface area contributed by atoms with Crippen molar-refractivity contribution in [1.82, 2.24) is 20.2 Å². The van der Waals surface area contributed by atoms with E-state index in [4.69, 9.17) is 4.42 Å². The van der Waals surface area contributed by atoms with Gasteiger partial charge in [-0.2, -0.15) is 0 Å². The van der Waals surface area contributed by atoms with E-state index in [1.807, 2.05) is 12.1 Å². The Bertz CT molecular complexity index is 727. The van der Waals surface area contributed by atoms with Crippen molar-refractivity contribution in [2.45, 2.75) is 38.3 Å². The van der Waals surface area contributed by atoms with Crippen LogP contribution < -0.4 is 10.2 Å². The Morgan fingerprint density at radius 1 is 1.15 bits per heavy atom. The first-order valence-corrected chi connectivity index (χ1v) is 9.42. The number of likely N-dealkylation sites (tertiary alicyclic amines) is 1. The van der Waals surface area contributed by atoms with Gasteiger partial charge in [-0.25, -0.2) is 9.97 Å². The first-order chi connectivity index (χ1) is 12.8. The molecule has 2 aromatic heterocycles. The standard InChI is InChI=1S/C19H25N5O2/c25-18(17-7-6-16(26-17)14-23-10-1-2-11-23)22-15-5-3-12-24(13-15)19-20-8-4-9-21-19/h4,6-9,15H,1-3,5,10-14H2,(H,22,25)/t15-/m0/s1. The van der Waals surface area contributed by atoms with Gasteiger partial charge in [0.25, 0.3) is 5.91 Å². The van der Waals surface area contributed by atoms with Gasteiger partial charge < -0.3 is 14.6 Å². The molecule has 2 saturated heterocycles. The van der Waals surface area contributed by atoms with Gasteiger partial charge in [0, 0.05) is 31.5 Å². The van der Waals surface area contributed by atoms with Gasteiger partial charge in [-0.1, -0.05) is 0 Å². The van der Waals surface area contributed by atoms with E-state index in [-0.39, 0.29) is 11.9 Å². The second-order valence-corrected chi connectivity index (χ2v) is 7.06. The van der Waals surface area contributed by atoms with E-state index in [1.54, 1.807) is 18.5 Å². The number of amides is 1. The van der Waals surface area contributed by atoms with Crippen LogP contribution in [0.3, 0.4) is 0 Å². The number of hydrogen-bond acceptors (Lipinski definition) is 6. The molecule has 7 heteroatoms. The molecule has 1 amide bonds. The van der Waals surface area contributed by atoms with Gasteiger partial charge >= 0.3 is 0 Å². The highest BCUT2D eigenvalue weighted by atomic mass is 16.4. The fraction of sp³-hybridized carbons (Fsp3) is 0.526. The molecule has 4 rings (SSSR count). The zero-order chi connectivity index (χ0) is 17.8. The van der Waals surface area contributed by atoms with Crippen LogP contribution in [0, 0.1) is 0 Å². The molecule has 0 bridgehead atoms. The van der Waals surface area contributed by atoms with Gasteiger partial charge in [0.15, 0.2) is 5.76 Å². The van der Waals surface area contributed by atoms with E-state index in [9.17, 15) is 4.79 Å². The van der Waals surface area contributed by atoms with Gasteiger partial charge in [-0.05, 0) is 57.0 Å². The summed E-state index contributed by atoms with van der Waals surface area (Å²) >= 11 is 0. The molecule has 0 spiro atoms. The number of nitrogens with one attached hydrogen (secondary N) is 1. The lowest BCUT2D eigenvalue weighted by atomic mass is 10.1. The number of hydrogen-bond donors (Lipinski definition) is 1. The third kappa shape index (κ3) is 4.04. The Balaban J connectivity index is 1.33. The molecule has 0 unspecified atom stereocenters. The van der Waals surface area contributed by atoms with Crippen LogP contribution >= 0.6 is 0 Å². The summed E-state index contributed by atoms with van der Waals surface area (Å²) in [5, 5.41) is 3.10. The predicted molar refractivity (Wildman–Crippen MR) is 98.0 cm³/mol. The van der Waals surface area contributed by atoms with E-state index in [1.165, 1.54) is 12.8 Å². The fourth-order valence-electron chi connectivity index (χ4n) is 3.73. The number of nitrogens with zero attached hydrogens (tertiary/aromatic N) is 4. The molecule has 26 heavy (non-hydrogen) atoms. The van der Waals surface area contributed by atoms with E-state index >= 15 is 0 Å². The van der Waals surface area contributed by atoms with Crippen molar-refractivity contribution in [1.29, 1.82) is 0 Å². The first kappa shape index (κ1) is 17.0. The predicted octanol–water partition coefficient (Wildman–Crippen LogP) is 2.06. The summed E-state index contributed by atoms with van der Waals surface area (Å²) in [6.07, 6.45) is 7.94. The van der Waals surface area contributed by atoms with Gasteiger partial charge in [0.2, 0.25) is 5.95 Å². The van der Waals surface area contributed by atoms with Crippen LogP contribution in [0.2, 0.25) is 0 Å². The summed E-state index contributed by atoms with van der Waals surface area (Å²) in [6, 6.07) is 5.58. The molecule has 2 aliphatic rings. The first-order valence-electron chi connectivity index (χ1n) is 9.42. The highest BCUT2D eigenvalue weighted by Gasteiger charge is 2.24. The maximum atomic E-state index is 12.5. The maximum Gasteiger partial charge on any atom is 0.287 e. The van der Waals surface area contributed by atoms with Crippen LogP contribution in [0.25, 0.3) is 0 Å². The number of carbonyl (C=O) groups is 1. The monoisotopic (exact) mass is 355 g/mol. The summed E-state index contributed by atoms with van der Waals surface area (Å²) in [5.74, 6) is 1.84. The average Bonchev–Trinajstić information content (AvgIpc) is 3.35. The number of rotatable bonds is 5. The molecular formula is C19H25N5O2. The average molecular weight is 355 g/mol. The van der Waals surface area contributed by atoms with Gasteiger partial charge in [-0.15, -0.1) is 0 Å². The lowest BCUT2D eigenvalue weighted by Gasteiger charge is -2.32. The Morgan fingerprint density at radius 3 is 2.77 bits per heavy atom. The summed E-state index contributed by atoms with van der Waals surface area (Å²) in [5.41, 5.74) is 0. The third-order valence-corrected chi connectivity index (χ3v) is 5.06. The lowest BCUT2D eigenvalue weighted by Crippen LogP contribution is -2.48. The largest absolute Gasteiger partial charge is 0.455 e. The maximum absolute atomic E-state index is 12.5. The molecule has 2 aromatic rings. The Hall–Kier alpha value is -2.41. The smallest absolute Gasteiger partial charge is 0.287 e. The molecule has 7 nitrogen and oxygen atoms in total. The lowest BCUT2D eigenvalue weighted by molar-refractivity contribution is 0.0901. The van der Waals surface area contributed by atoms with Crippen molar-refractivity contribution in [3.05, 3.63) is 42.1 Å². The van der Waals surface area contributed by atoms with Gasteiger partial charge in [-0.3, -0.25) is 9.69 Å². The number of piperidine rings is 1. The topological polar surface area (TPSA) is 74.5 Å². The second kappa shape index (κ2) is 7.86. The molecular weight excluding hydrogens is 330 g/mol. The summed E-state index contributed by atoms with van der Waals surface area (Å²) < 4.78 is 5.77. The molecule has 0 radical (unpaired) electrons. The van der Waals surface area contributed by atoms with Crippen molar-refractivity contribution >= 4 is 11.9 Å². The van der Waals surface area contributed by atoms with Crippen molar-refractivity contribution < 1.29 is 9.21 Å². The molecule has 1 atom stereocenters. The second-order valence-electron chi connectivity index (χ2n) is 7.06. The van der Waals surface area contributed by atoms with Crippen LogP contribution in [0.1, 0.15) is 42.0 Å². The normalized spacial score (nSPS) is 21.1. The third-order valence-electron chi connectivity index (χ3n) is 5.06. The molecule has 0 saturated carbocycles. The number of anilines is 1. The molecule has 2 aliphatic heterocycles. The van der Waals surface area contributed by atoms with Crippen LogP contribution in [0.15, 0.2) is 35.0 Å². The SMILES string of the molecule is O=C(N[C@H]1CCCN(c2ncccn2)C1)c1ccc(CN2CCCC2)o1. The zero-order valence-corrected chi connectivity index (χ0v) is 14.9. The molecule has 0 aromatic carbocycles. The summed E-state index contributed by atoms with van der Waals surface area (Å²) in [4.78, 5) is 25.6. The minimum Gasteiger partial charge on any atom is -0.455 e. The van der Waals surface area contributed by atoms with Crippen molar-refractivity contribution in [2.75, 3.05) is 31.1 Å². The highest BCUT2D eigenvalue weighted by molar-refractivity contribution is 5.91. The quantitative estimate of drug-likeness (QED) is 0.885.